The fourth-order valence-electron chi connectivity index (χ4n) is 1.37. The molecule has 0 saturated carbocycles. The summed E-state index contributed by atoms with van der Waals surface area (Å²) >= 11 is 11.1. The molecule has 1 aliphatic rings. The van der Waals surface area contributed by atoms with E-state index < -0.39 is 5.54 Å². The van der Waals surface area contributed by atoms with Crippen LogP contribution in [0.2, 0.25) is 0 Å². The van der Waals surface area contributed by atoms with E-state index in [9.17, 15) is 0 Å². The van der Waals surface area contributed by atoms with Gasteiger partial charge in [-0.25, -0.2) is 0 Å². The van der Waals surface area contributed by atoms with Gasteiger partial charge in [0.2, 0.25) is 6.34 Å². The van der Waals surface area contributed by atoms with Crippen molar-refractivity contribution in [3.8, 4) is 0 Å². The molecule has 0 aromatic heterocycles. The van der Waals surface area contributed by atoms with Crippen LogP contribution in [0.3, 0.4) is 0 Å². The van der Waals surface area contributed by atoms with E-state index in [4.69, 9.17) is 22.9 Å². The molecule has 0 spiro atoms. The molecule has 0 N–H and O–H groups in total. The van der Waals surface area contributed by atoms with Gasteiger partial charge in [0, 0.05) is 0 Å². The van der Waals surface area contributed by atoms with Gasteiger partial charge in [0.15, 0.2) is 0 Å². The number of halogens is 2. The average Bonchev–Trinajstić information content (AvgIpc) is 2.65. The van der Waals surface area contributed by atoms with Crippen LogP contribution in [0.5, 0.6) is 0 Å². The first-order valence-corrected chi connectivity index (χ1v) is 6.05. The zero-order valence-corrected chi connectivity index (χ0v) is 11.1. The quantitative estimate of drug-likeness (QED) is 0.546. The lowest BCUT2D eigenvalue weighted by atomic mass is 9.93. The van der Waals surface area contributed by atoms with Crippen LogP contribution in [-0.2, 0) is 0 Å². The molecule has 0 fully saturated rings. The minimum absolute atomic E-state index is 0.397. The Bertz CT molecular complexity index is 341. The van der Waals surface area contributed by atoms with Gasteiger partial charge in [-0.2, -0.15) is 22.9 Å². The van der Waals surface area contributed by atoms with E-state index >= 15 is 0 Å². The first kappa shape index (κ1) is 13.4. The molecule has 0 aliphatic carbocycles. The highest BCUT2D eigenvalue weighted by Crippen LogP contribution is 1.96. The highest BCUT2D eigenvalue weighted by Gasteiger charge is 2.08. The molecule has 86 valence electrons. The molecular formula is C11H16BCl2N2+. The molecule has 1 heterocycles. The number of benzene rings is 1. The third-order valence-electron chi connectivity index (χ3n) is 2.25. The molecule has 2 rings (SSSR count). The lowest BCUT2D eigenvalue weighted by Crippen LogP contribution is -2.16. The maximum atomic E-state index is 5.57. The molecule has 0 saturated heterocycles. The molecule has 5 heteroatoms. The van der Waals surface area contributed by atoms with Gasteiger partial charge in [-0.3, -0.25) is 9.48 Å². The van der Waals surface area contributed by atoms with Crippen LogP contribution >= 0.6 is 22.9 Å². The number of nitrogens with zero attached hydrogens (tertiary/aromatic N) is 2. The summed E-state index contributed by atoms with van der Waals surface area (Å²) in [5.41, 5.74) is 0.548. The van der Waals surface area contributed by atoms with E-state index in [0.717, 1.165) is 5.46 Å². The Kier molecular flexibility index (Phi) is 5.71. The smallest absolute Gasteiger partial charge is 0.267 e. The van der Waals surface area contributed by atoms with Crippen molar-refractivity contribution in [3.63, 3.8) is 0 Å². The minimum atomic E-state index is -0.397. The summed E-state index contributed by atoms with van der Waals surface area (Å²) in [6.45, 7) is 2.35. The van der Waals surface area contributed by atoms with E-state index in [0.29, 0.717) is 0 Å². The summed E-state index contributed by atoms with van der Waals surface area (Å²) in [6, 6.07) is 9.54. The lowest BCUT2D eigenvalue weighted by molar-refractivity contribution is -0.482. The summed E-state index contributed by atoms with van der Waals surface area (Å²) in [5.74, 6) is 0. The van der Waals surface area contributed by atoms with Gasteiger partial charge < -0.3 is 0 Å². The SMILES string of the molecule is CN1C=[N+](C)CC1.ClB(Cl)c1ccccc1. The Labute approximate surface area is 107 Å². The van der Waals surface area contributed by atoms with Crippen molar-refractivity contribution in [2.45, 2.75) is 0 Å². The second kappa shape index (κ2) is 6.82. The number of hydrogen-bond acceptors (Lipinski definition) is 1. The maximum Gasteiger partial charge on any atom is 0.382 e. The number of hydrogen-bond donors (Lipinski definition) is 0. The molecule has 2 nitrogen and oxygen atoms in total. The van der Waals surface area contributed by atoms with E-state index in [1.807, 2.05) is 30.3 Å². The van der Waals surface area contributed by atoms with Gasteiger partial charge in [-0.15, -0.1) is 0 Å². The van der Waals surface area contributed by atoms with Crippen LogP contribution in [0, 0.1) is 0 Å². The second-order valence-electron chi connectivity index (χ2n) is 3.79. The van der Waals surface area contributed by atoms with E-state index in [2.05, 4.69) is 29.9 Å². The highest BCUT2D eigenvalue weighted by molar-refractivity contribution is 7.39. The van der Waals surface area contributed by atoms with Crippen molar-refractivity contribution in [2.75, 3.05) is 27.2 Å². The molecule has 0 unspecified atom stereocenters. The summed E-state index contributed by atoms with van der Waals surface area (Å²) in [5, 5.41) is 0. The fraction of sp³-hybridized carbons (Fsp3) is 0.364. The fourth-order valence-corrected chi connectivity index (χ4v) is 1.66. The van der Waals surface area contributed by atoms with E-state index in [1.54, 1.807) is 0 Å². The van der Waals surface area contributed by atoms with Crippen LogP contribution in [0.1, 0.15) is 0 Å². The standard InChI is InChI=1S/C6H5BCl2.C5H11N2/c8-7(9)6-4-2-1-3-5-6;1-6-3-4-7(2)5-6/h1-5H;5H,3-4H2,1-2H3/q;+1. The Morgan fingerprint density at radius 3 is 2.12 bits per heavy atom. The van der Waals surface area contributed by atoms with Crippen molar-refractivity contribution in [1.29, 1.82) is 0 Å². The predicted octanol–water partition coefficient (Wildman–Crippen LogP) is 1.46. The maximum absolute atomic E-state index is 5.57. The molecular weight excluding hydrogens is 242 g/mol. The molecule has 0 radical (unpaired) electrons. The summed E-state index contributed by atoms with van der Waals surface area (Å²) in [7, 11) is 4.17. The van der Waals surface area contributed by atoms with Crippen LogP contribution in [0.4, 0.5) is 0 Å². The molecule has 16 heavy (non-hydrogen) atoms. The molecule has 0 amide bonds. The van der Waals surface area contributed by atoms with Crippen LogP contribution < -0.4 is 5.46 Å². The van der Waals surface area contributed by atoms with Crippen molar-refractivity contribution >= 4 is 40.3 Å². The van der Waals surface area contributed by atoms with Crippen molar-refractivity contribution in [1.82, 2.24) is 4.90 Å². The predicted molar refractivity (Wildman–Crippen MR) is 73.3 cm³/mol. The van der Waals surface area contributed by atoms with Gasteiger partial charge in [0.1, 0.15) is 13.1 Å². The first-order valence-electron chi connectivity index (χ1n) is 5.18. The topological polar surface area (TPSA) is 6.25 Å². The van der Waals surface area contributed by atoms with E-state index in [-0.39, 0.29) is 0 Å². The normalized spacial score (nSPS) is 14.0. The monoisotopic (exact) mass is 257 g/mol. The largest absolute Gasteiger partial charge is 0.382 e. The Balaban J connectivity index is 0.000000165. The van der Waals surface area contributed by atoms with Crippen LogP contribution in [0.15, 0.2) is 30.3 Å². The Morgan fingerprint density at radius 1 is 1.25 bits per heavy atom. The first-order chi connectivity index (χ1) is 7.59. The zero-order chi connectivity index (χ0) is 12.0. The van der Waals surface area contributed by atoms with Crippen molar-refractivity contribution in [3.05, 3.63) is 30.3 Å². The Hall–Kier alpha value is -0.665. The number of rotatable bonds is 1. The summed E-state index contributed by atoms with van der Waals surface area (Å²) < 4.78 is 2.18. The highest BCUT2D eigenvalue weighted by atomic mass is 35.5. The molecule has 1 aromatic rings. The van der Waals surface area contributed by atoms with Crippen molar-refractivity contribution in [2.24, 2.45) is 0 Å². The Morgan fingerprint density at radius 2 is 1.88 bits per heavy atom. The van der Waals surface area contributed by atoms with Crippen LogP contribution in [0.25, 0.3) is 0 Å². The second-order valence-corrected chi connectivity index (χ2v) is 4.88. The summed E-state index contributed by atoms with van der Waals surface area (Å²) in [6.07, 6.45) is 2.11. The van der Waals surface area contributed by atoms with Gasteiger partial charge in [-0.05, 0) is 5.46 Å². The zero-order valence-electron chi connectivity index (χ0n) is 9.61. The third-order valence-corrected chi connectivity index (χ3v) is 2.76. The van der Waals surface area contributed by atoms with Gasteiger partial charge in [-0.1, -0.05) is 30.3 Å². The minimum Gasteiger partial charge on any atom is -0.267 e. The van der Waals surface area contributed by atoms with Gasteiger partial charge in [0.05, 0.1) is 14.1 Å². The van der Waals surface area contributed by atoms with Gasteiger partial charge >= 0.3 is 5.54 Å². The molecule has 1 aromatic carbocycles. The average molecular weight is 258 g/mol. The molecule has 0 bridgehead atoms. The van der Waals surface area contributed by atoms with Crippen molar-refractivity contribution < 1.29 is 4.58 Å². The lowest BCUT2D eigenvalue weighted by Gasteiger charge is -1.93. The van der Waals surface area contributed by atoms with Gasteiger partial charge in [0.25, 0.3) is 0 Å². The molecule has 0 atom stereocenters. The number of likely N-dealkylation sites (N-methyl/N-ethyl adjacent to an activating group) is 2. The van der Waals surface area contributed by atoms with Crippen LogP contribution in [-0.4, -0.2) is 48.5 Å². The molecule has 1 aliphatic heterocycles. The van der Waals surface area contributed by atoms with E-state index in [1.165, 1.54) is 13.1 Å². The third kappa shape index (κ3) is 4.91. The summed E-state index contributed by atoms with van der Waals surface area (Å²) in [4.78, 5) is 2.18.